The molecule has 2 rings (SSSR count). The number of thiophene rings is 2. The lowest BCUT2D eigenvalue weighted by Crippen LogP contribution is -1.84. The van der Waals surface area contributed by atoms with Gasteiger partial charge in [0.05, 0.1) is 7.57 Å². The van der Waals surface area contributed by atoms with Gasteiger partial charge in [0.2, 0.25) is 0 Å². The molecule has 0 saturated heterocycles. The summed E-state index contributed by atoms with van der Waals surface area (Å²) in [5.74, 6) is 0. The van der Waals surface area contributed by atoms with Gasteiger partial charge < -0.3 is 0 Å². The first-order valence-electron chi connectivity index (χ1n) is 4.64. The van der Waals surface area contributed by atoms with Gasteiger partial charge in [-0.15, -0.1) is 34.3 Å². The van der Waals surface area contributed by atoms with E-state index in [0.29, 0.717) is 0 Å². The number of alkyl halides is 1. The summed E-state index contributed by atoms with van der Waals surface area (Å²) < 4.78 is 2.33. The van der Waals surface area contributed by atoms with Crippen molar-refractivity contribution >= 4 is 66.1 Å². The average molecular weight is 401 g/mol. The highest BCUT2D eigenvalue weighted by molar-refractivity contribution is 9.11. The van der Waals surface area contributed by atoms with Crippen LogP contribution in [0.25, 0.3) is 0 Å². The quantitative estimate of drug-likeness (QED) is 0.521. The summed E-state index contributed by atoms with van der Waals surface area (Å²) in [7, 11) is 0. The molecule has 0 amide bonds. The molecule has 0 atom stereocenters. The molecule has 16 heavy (non-hydrogen) atoms. The molecule has 0 N–H and O–H groups in total. The Morgan fingerprint density at radius 2 is 1.38 bits per heavy atom. The monoisotopic (exact) mass is 398 g/mol. The van der Waals surface area contributed by atoms with Crippen molar-refractivity contribution in [1.82, 2.24) is 0 Å². The number of hydrogen-bond donors (Lipinski definition) is 0. The van der Waals surface area contributed by atoms with Crippen LogP contribution in [0.5, 0.6) is 0 Å². The van der Waals surface area contributed by atoms with E-state index in [-0.39, 0.29) is 5.38 Å². The number of aryl methyl sites for hydroxylation is 2. The standard InChI is InChI=1S/C11H9Br2ClS2/c1-5-3-7(15-10(5)12)9(14)8-4-6(2)11(13)16-8/h3-4,9H,1-2H3. The van der Waals surface area contributed by atoms with E-state index in [1.165, 1.54) is 28.5 Å². The molecule has 0 fully saturated rings. The van der Waals surface area contributed by atoms with E-state index in [9.17, 15) is 0 Å². The molecule has 0 aliphatic carbocycles. The van der Waals surface area contributed by atoms with Gasteiger partial charge in [-0.2, -0.15) is 0 Å². The van der Waals surface area contributed by atoms with E-state index >= 15 is 0 Å². The molecule has 0 bridgehead atoms. The van der Waals surface area contributed by atoms with Crippen LogP contribution in [0.3, 0.4) is 0 Å². The SMILES string of the molecule is Cc1cc(C(Cl)c2cc(C)c(Br)s2)sc1Br. The Labute approximate surface area is 125 Å². The van der Waals surface area contributed by atoms with E-state index in [4.69, 9.17) is 11.6 Å². The maximum atomic E-state index is 6.48. The molecular formula is C11H9Br2ClS2. The first-order chi connectivity index (χ1) is 7.49. The molecule has 2 aromatic heterocycles. The summed E-state index contributed by atoms with van der Waals surface area (Å²) in [5.41, 5.74) is 2.50. The van der Waals surface area contributed by atoms with Crippen molar-refractivity contribution < 1.29 is 0 Å². The molecular weight excluding hydrogens is 392 g/mol. The van der Waals surface area contributed by atoms with Crippen molar-refractivity contribution in [3.8, 4) is 0 Å². The van der Waals surface area contributed by atoms with Gasteiger partial charge in [-0.3, -0.25) is 0 Å². The lowest BCUT2D eigenvalue weighted by atomic mass is 10.2. The zero-order chi connectivity index (χ0) is 11.9. The molecule has 2 aromatic rings. The summed E-state index contributed by atoms with van der Waals surface area (Å²) in [6.45, 7) is 4.17. The third-order valence-electron chi connectivity index (χ3n) is 2.25. The van der Waals surface area contributed by atoms with Crippen molar-refractivity contribution in [1.29, 1.82) is 0 Å². The Morgan fingerprint density at radius 1 is 1.00 bits per heavy atom. The molecule has 0 spiro atoms. The van der Waals surface area contributed by atoms with E-state index in [2.05, 4.69) is 57.8 Å². The summed E-state index contributed by atoms with van der Waals surface area (Å²) in [5, 5.41) is -0.0370. The minimum absolute atomic E-state index is 0.0370. The molecule has 0 radical (unpaired) electrons. The fourth-order valence-electron chi connectivity index (χ4n) is 1.36. The van der Waals surface area contributed by atoms with E-state index in [0.717, 1.165) is 0 Å². The van der Waals surface area contributed by atoms with E-state index < -0.39 is 0 Å². The molecule has 0 nitrogen and oxygen atoms in total. The van der Waals surface area contributed by atoms with Crippen LogP contribution in [0, 0.1) is 13.8 Å². The van der Waals surface area contributed by atoms with Gasteiger partial charge in [-0.05, 0) is 69.0 Å². The molecule has 2 heterocycles. The third-order valence-corrected chi connectivity index (χ3v) is 7.38. The molecule has 0 saturated carbocycles. The first-order valence-corrected chi connectivity index (χ1v) is 8.30. The van der Waals surface area contributed by atoms with Gasteiger partial charge >= 0.3 is 0 Å². The van der Waals surface area contributed by atoms with Crippen LogP contribution < -0.4 is 0 Å². The topological polar surface area (TPSA) is 0 Å². The van der Waals surface area contributed by atoms with Crippen LogP contribution in [0.15, 0.2) is 19.7 Å². The number of hydrogen-bond acceptors (Lipinski definition) is 2. The summed E-state index contributed by atoms with van der Waals surface area (Å²) >= 11 is 17.0. The zero-order valence-corrected chi connectivity index (χ0v) is 14.2. The van der Waals surface area contributed by atoms with Crippen molar-refractivity contribution in [3.05, 3.63) is 40.6 Å². The predicted octanol–water partition coefficient (Wildman–Crippen LogP) is 6.28. The molecule has 86 valence electrons. The number of halogens is 3. The minimum Gasteiger partial charge on any atom is -0.131 e. The molecule has 0 unspecified atom stereocenters. The van der Waals surface area contributed by atoms with Crippen molar-refractivity contribution in [3.63, 3.8) is 0 Å². The molecule has 5 heteroatoms. The van der Waals surface area contributed by atoms with Gasteiger partial charge in [-0.1, -0.05) is 0 Å². The summed E-state index contributed by atoms with van der Waals surface area (Å²) in [6, 6.07) is 4.30. The third kappa shape index (κ3) is 2.56. The number of rotatable bonds is 2. The second kappa shape index (κ2) is 5.11. The van der Waals surface area contributed by atoms with Crippen LogP contribution in [0.4, 0.5) is 0 Å². The van der Waals surface area contributed by atoms with Gasteiger partial charge in [0, 0.05) is 9.75 Å². The molecule has 0 aliphatic rings. The fourth-order valence-corrected chi connectivity index (χ4v) is 4.96. The first kappa shape index (κ1) is 13.1. The second-order valence-electron chi connectivity index (χ2n) is 3.57. The van der Waals surface area contributed by atoms with Crippen LogP contribution in [-0.4, -0.2) is 0 Å². The van der Waals surface area contributed by atoms with E-state index in [1.807, 2.05) is 0 Å². The lowest BCUT2D eigenvalue weighted by Gasteiger charge is -2.02. The molecule has 0 aliphatic heterocycles. The Balaban J connectivity index is 2.34. The second-order valence-corrected chi connectivity index (χ2v) is 8.81. The maximum Gasteiger partial charge on any atom is 0.102 e. The maximum absolute atomic E-state index is 6.48. The van der Waals surface area contributed by atoms with Gasteiger partial charge in [0.25, 0.3) is 0 Å². The van der Waals surface area contributed by atoms with Crippen molar-refractivity contribution in [2.75, 3.05) is 0 Å². The van der Waals surface area contributed by atoms with E-state index in [1.54, 1.807) is 22.7 Å². The Kier molecular flexibility index (Phi) is 4.18. The van der Waals surface area contributed by atoms with Crippen LogP contribution in [-0.2, 0) is 0 Å². The molecule has 0 aromatic carbocycles. The minimum atomic E-state index is -0.0370. The largest absolute Gasteiger partial charge is 0.131 e. The Morgan fingerprint density at radius 3 is 1.62 bits per heavy atom. The van der Waals surface area contributed by atoms with Gasteiger partial charge in [0.1, 0.15) is 5.38 Å². The normalized spacial score (nSPS) is 11.4. The zero-order valence-electron chi connectivity index (χ0n) is 8.68. The van der Waals surface area contributed by atoms with Crippen molar-refractivity contribution in [2.45, 2.75) is 19.2 Å². The predicted molar refractivity (Wildman–Crippen MR) is 81.2 cm³/mol. The highest BCUT2D eigenvalue weighted by Crippen LogP contribution is 2.42. The van der Waals surface area contributed by atoms with Gasteiger partial charge in [-0.25, -0.2) is 0 Å². The highest BCUT2D eigenvalue weighted by atomic mass is 79.9. The Bertz CT molecular complexity index is 431. The van der Waals surface area contributed by atoms with Crippen molar-refractivity contribution in [2.24, 2.45) is 0 Å². The van der Waals surface area contributed by atoms with Gasteiger partial charge in [0.15, 0.2) is 0 Å². The van der Waals surface area contributed by atoms with Crippen LogP contribution in [0.1, 0.15) is 26.3 Å². The highest BCUT2D eigenvalue weighted by Gasteiger charge is 2.17. The lowest BCUT2D eigenvalue weighted by molar-refractivity contribution is 1.23. The fraction of sp³-hybridized carbons (Fsp3) is 0.273. The Hall–Kier alpha value is 0.650. The average Bonchev–Trinajstić information content (AvgIpc) is 2.72. The summed E-state index contributed by atoms with van der Waals surface area (Å²) in [6.07, 6.45) is 0. The van der Waals surface area contributed by atoms with Crippen LogP contribution in [0.2, 0.25) is 0 Å². The smallest absolute Gasteiger partial charge is 0.102 e. The summed E-state index contributed by atoms with van der Waals surface area (Å²) in [4.78, 5) is 2.39. The van der Waals surface area contributed by atoms with Crippen LogP contribution >= 0.6 is 66.1 Å².